The number of carboxylic acids is 1. The van der Waals surface area contributed by atoms with E-state index in [9.17, 15) is 14.4 Å². The molecule has 0 aliphatic rings. The van der Waals surface area contributed by atoms with Gasteiger partial charge in [0.05, 0.1) is 6.54 Å². The van der Waals surface area contributed by atoms with Gasteiger partial charge in [0.15, 0.2) is 0 Å². The average Bonchev–Trinajstić information content (AvgIpc) is 2.23. The van der Waals surface area contributed by atoms with Gasteiger partial charge in [0.1, 0.15) is 6.04 Å². The van der Waals surface area contributed by atoms with Crippen LogP contribution in [-0.4, -0.2) is 47.2 Å². The molecule has 0 radical (unpaired) electrons. The average molecular weight is 260 g/mol. The number of carboxylic acid groups (broad SMARTS) is 1. The van der Waals surface area contributed by atoms with Crippen molar-refractivity contribution in [1.29, 1.82) is 0 Å². The Kier molecular flexibility index (Phi) is 6.32. The van der Waals surface area contributed by atoms with Crippen LogP contribution in [0.4, 0.5) is 0 Å². The van der Waals surface area contributed by atoms with Crippen molar-refractivity contribution in [3.8, 4) is 0 Å². The Bertz CT molecular complexity index is 322. The summed E-state index contributed by atoms with van der Waals surface area (Å²) in [5.74, 6) is -2.13. The molecule has 0 saturated heterocycles. The lowest BCUT2D eigenvalue weighted by molar-refractivity contribution is -0.142. The van der Waals surface area contributed by atoms with Crippen LogP contribution in [0.3, 0.4) is 0 Å². The van der Waals surface area contributed by atoms with Gasteiger partial charge in [-0.05, 0) is 0 Å². The van der Waals surface area contributed by atoms with E-state index >= 15 is 0 Å². The summed E-state index contributed by atoms with van der Waals surface area (Å²) >= 11 is 0. The van der Waals surface area contributed by atoms with Crippen LogP contribution in [0.1, 0.15) is 27.2 Å². The Morgan fingerprint density at radius 3 is 2.17 bits per heavy atom. The number of hydrogen-bond donors (Lipinski definition) is 4. The topological polar surface area (TPSA) is 116 Å². The molecule has 0 rings (SSSR count). The summed E-state index contributed by atoms with van der Waals surface area (Å²) in [7, 11) is 0. The molecule has 0 aromatic rings. The van der Waals surface area contributed by atoms with Crippen LogP contribution in [0.5, 0.6) is 0 Å². The number of carbonyl (C=O) groups excluding carboxylic acids is 2. The number of amides is 2. The highest BCUT2D eigenvalue weighted by Crippen LogP contribution is 2.11. The van der Waals surface area contributed by atoms with Gasteiger partial charge in [-0.1, -0.05) is 20.8 Å². The molecule has 0 spiro atoms. The molecular weight excluding hydrogens is 240 g/mol. The molecular formula is C11H20N2O5. The van der Waals surface area contributed by atoms with E-state index < -0.39 is 23.3 Å². The molecule has 1 atom stereocenters. The van der Waals surface area contributed by atoms with Gasteiger partial charge < -0.3 is 20.8 Å². The minimum absolute atomic E-state index is 0.0751. The molecule has 4 N–H and O–H groups in total. The number of nitrogens with one attached hydrogen (secondary N) is 2. The van der Waals surface area contributed by atoms with Gasteiger partial charge >= 0.3 is 5.97 Å². The summed E-state index contributed by atoms with van der Waals surface area (Å²) in [5.41, 5.74) is -0.614. The second-order valence-corrected chi connectivity index (χ2v) is 4.90. The lowest BCUT2D eigenvalue weighted by Gasteiger charge is -2.18. The maximum Gasteiger partial charge on any atom is 0.326 e. The summed E-state index contributed by atoms with van der Waals surface area (Å²) < 4.78 is 0. The van der Waals surface area contributed by atoms with Crippen LogP contribution in [-0.2, 0) is 14.4 Å². The highest BCUT2D eigenvalue weighted by molar-refractivity contribution is 5.89. The molecule has 1 unspecified atom stereocenters. The molecule has 104 valence electrons. The van der Waals surface area contributed by atoms with Crippen molar-refractivity contribution in [3.05, 3.63) is 0 Å². The molecule has 7 nitrogen and oxygen atoms in total. The Hall–Kier alpha value is -1.63. The number of aliphatic hydroxyl groups is 1. The standard InChI is InChI=1S/C11H20N2O5/c1-11(2,3)10(18)12-6-8(15)13-7(4-5-14)9(16)17/h7,14H,4-6H2,1-3H3,(H,12,18)(H,13,15)(H,16,17). The van der Waals surface area contributed by atoms with Crippen LogP contribution in [0.15, 0.2) is 0 Å². The molecule has 0 bridgehead atoms. The van der Waals surface area contributed by atoms with Gasteiger partial charge in [-0.2, -0.15) is 0 Å². The molecule has 0 aliphatic heterocycles. The summed E-state index contributed by atoms with van der Waals surface area (Å²) in [6, 6.07) is -1.14. The fraction of sp³-hybridized carbons (Fsp3) is 0.727. The largest absolute Gasteiger partial charge is 0.480 e. The van der Waals surface area contributed by atoms with Crippen molar-refractivity contribution in [1.82, 2.24) is 10.6 Å². The summed E-state index contributed by atoms with van der Waals surface area (Å²) in [6.45, 7) is 4.47. The fourth-order valence-electron chi connectivity index (χ4n) is 1.06. The quantitative estimate of drug-likeness (QED) is 0.494. The minimum Gasteiger partial charge on any atom is -0.480 e. The van der Waals surface area contributed by atoms with Crippen molar-refractivity contribution in [3.63, 3.8) is 0 Å². The number of aliphatic carboxylic acids is 1. The van der Waals surface area contributed by atoms with Crippen molar-refractivity contribution < 1.29 is 24.6 Å². The second kappa shape index (κ2) is 6.95. The summed E-state index contributed by atoms with van der Waals surface area (Å²) in [5, 5.41) is 22.0. The lowest BCUT2D eigenvalue weighted by Crippen LogP contribution is -2.47. The Morgan fingerprint density at radius 1 is 1.22 bits per heavy atom. The van der Waals surface area contributed by atoms with Crippen LogP contribution in [0, 0.1) is 5.41 Å². The third kappa shape index (κ3) is 6.19. The SMILES string of the molecule is CC(C)(C)C(=O)NCC(=O)NC(CCO)C(=O)O. The maximum absolute atomic E-state index is 11.5. The van der Waals surface area contributed by atoms with Crippen molar-refractivity contribution in [2.75, 3.05) is 13.2 Å². The van der Waals surface area contributed by atoms with E-state index in [0.29, 0.717) is 0 Å². The molecule has 0 aliphatic carbocycles. The zero-order valence-corrected chi connectivity index (χ0v) is 10.8. The van der Waals surface area contributed by atoms with Gasteiger partial charge in [-0.3, -0.25) is 9.59 Å². The molecule has 0 saturated carbocycles. The van der Waals surface area contributed by atoms with Gasteiger partial charge in [0.25, 0.3) is 0 Å². The van der Waals surface area contributed by atoms with E-state index in [1.807, 2.05) is 0 Å². The first-order valence-corrected chi connectivity index (χ1v) is 5.59. The maximum atomic E-state index is 11.5. The van der Waals surface area contributed by atoms with E-state index in [2.05, 4.69) is 10.6 Å². The van der Waals surface area contributed by atoms with Crippen LogP contribution in [0.25, 0.3) is 0 Å². The first kappa shape index (κ1) is 16.4. The number of rotatable bonds is 6. The van der Waals surface area contributed by atoms with Crippen molar-refractivity contribution >= 4 is 17.8 Å². The second-order valence-electron chi connectivity index (χ2n) is 4.90. The van der Waals surface area contributed by atoms with Crippen LogP contribution < -0.4 is 10.6 Å². The summed E-state index contributed by atoms with van der Waals surface area (Å²) in [4.78, 5) is 33.6. The van der Waals surface area contributed by atoms with E-state index in [1.54, 1.807) is 20.8 Å². The van der Waals surface area contributed by atoms with Gasteiger partial charge in [0, 0.05) is 18.4 Å². The minimum atomic E-state index is -1.22. The van der Waals surface area contributed by atoms with Crippen LogP contribution >= 0.6 is 0 Å². The van der Waals surface area contributed by atoms with E-state index in [0.717, 1.165) is 0 Å². The Balaban J connectivity index is 4.18. The third-order valence-corrected chi connectivity index (χ3v) is 2.14. The zero-order chi connectivity index (χ0) is 14.3. The van der Waals surface area contributed by atoms with Gasteiger partial charge in [0.2, 0.25) is 11.8 Å². The first-order chi connectivity index (χ1) is 8.18. The Morgan fingerprint density at radius 2 is 1.78 bits per heavy atom. The monoisotopic (exact) mass is 260 g/mol. The highest BCUT2D eigenvalue weighted by Gasteiger charge is 2.23. The normalized spacial score (nSPS) is 12.7. The van der Waals surface area contributed by atoms with E-state index in [4.69, 9.17) is 10.2 Å². The molecule has 0 aromatic heterocycles. The van der Waals surface area contributed by atoms with Gasteiger partial charge in [-0.15, -0.1) is 0 Å². The number of carbonyl (C=O) groups is 3. The Labute approximate surface area is 106 Å². The molecule has 0 fully saturated rings. The third-order valence-electron chi connectivity index (χ3n) is 2.14. The highest BCUT2D eigenvalue weighted by atomic mass is 16.4. The fourth-order valence-corrected chi connectivity index (χ4v) is 1.06. The predicted molar refractivity (Wildman–Crippen MR) is 63.7 cm³/mol. The van der Waals surface area contributed by atoms with E-state index in [-0.39, 0.29) is 25.5 Å². The molecule has 7 heteroatoms. The van der Waals surface area contributed by atoms with E-state index in [1.165, 1.54) is 0 Å². The number of aliphatic hydroxyl groups excluding tert-OH is 1. The van der Waals surface area contributed by atoms with Crippen molar-refractivity contribution in [2.45, 2.75) is 33.2 Å². The zero-order valence-electron chi connectivity index (χ0n) is 10.8. The van der Waals surface area contributed by atoms with Gasteiger partial charge in [-0.25, -0.2) is 4.79 Å². The molecule has 2 amide bonds. The summed E-state index contributed by atoms with van der Waals surface area (Å²) in [6.07, 6.45) is -0.0751. The van der Waals surface area contributed by atoms with Crippen molar-refractivity contribution in [2.24, 2.45) is 5.41 Å². The lowest BCUT2D eigenvalue weighted by atomic mass is 9.96. The molecule has 18 heavy (non-hydrogen) atoms. The smallest absolute Gasteiger partial charge is 0.326 e. The molecule has 0 heterocycles. The molecule has 0 aromatic carbocycles. The predicted octanol–water partition coefficient (Wildman–Crippen LogP) is -0.899. The number of hydrogen-bond acceptors (Lipinski definition) is 4. The van der Waals surface area contributed by atoms with Crippen LogP contribution in [0.2, 0.25) is 0 Å². The first-order valence-electron chi connectivity index (χ1n) is 5.59.